The lowest BCUT2D eigenvalue weighted by molar-refractivity contribution is 0.940. The second-order valence-corrected chi connectivity index (χ2v) is 4.20. The van der Waals surface area contributed by atoms with Gasteiger partial charge in [-0.25, -0.2) is 0 Å². The zero-order valence-corrected chi connectivity index (χ0v) is 8.06. The van der Waals surface area contributed by atoms with Gasteiger partial charge < -0.3 is 4.57 Å². The Morgan fingerprint density at radius 3 is 2.58 bits per heavy atom. The van der Waals surface area contributed by atoms with Crippen LogP contribution in [0.15, 0.2) is 30.5 Å². The van der Waals surface area contributed by atoms with E-state index in [1.807, 2.05) is 11.3 Å². The van der Waals surface area contributed by atoms with Gasteiger partial charge in [-0.15, -0.1) is 11.3 Å². The molecule has 2 rings (SSSR count). The predicted octanol–water partition coefficient (Wildman–Crippen LogP) is 3.06. The Hall–Kier alpha value is -1.02. The highest BCUT2D eigenvalue weighted by atomic mass is 32.1. The fraction of sp³-hybridized carbons (Fsp3) is 0.200. The highest BCUT2D eigenvalue weighted by Crippen LogP contribution is 2.27. The first kappa shape index (κ1) is 7.62. The third-order valence-electron chi connectivity index (χ3n) is 1.94. The molecule has 12 heavy (non-hydrogen) atoms. The van der Waals surface area contributed by atoms with E-state index in [9.17, 15) is 0 Å². The lowest BCUT2D eigenvalue weighted by Crippen LogP contribution is -1.85. The smallest absolute Gasteiger partial charge is 0.0579 e. The van der Waals surface area contributed by atoms with Crippen molar-refractivity contribution in [1.82, 2.24) is 4.57 Å². The molecule has 0 saturated carbocycles. The van der Waals surface area contributed by atoms with Crippen molar-refractivity contribution in [2.75, 3.05) is 0 Å². The van der Waals surface area contributed by atoms with Gasteiger partial charge in [0, 0.05) is 18.1 Å². The zero-order valence-electron chi connectivity index (χ0n) is 7.24. The molecular formula is C10H11NS. The molecule has 0 radical (unpaired) electrons. The van der Waals surface area contributed by atoms with E-state index in [4.69, 9.17) is 0 Å². The number of hydrogen-bond acceptors (Lipinski definition) is 1. The van der Waals surface area contributed by atoms with Crippen molar-refractivity contribution in [3.8, 4) is 10.6 Å². The van der Waals surface area contributed by atoms with Crippen molar-refractivity contribution >= 4 is 11.3 Å². The summed E-state index contributed by atoms with van der Waals surface area (Å²) in [5, 5.41) is 0. The molecule has 2 aromatic rings. The van der Waals surface area contributed by atoms with E-state index in [1.54, 1.807) is 0 Å². The van der Waals surface area contributed by atoms with E-state index in [0.29, 0.717) is 0 Å². The molecule has 0 fully saturated rings. The Bertz CT molecular complexity index is 384. The van der Waals surface area contributed by atoms with Crippen LogP contribution in [-0.4, -0.2) is 4.57 Å². The molecule has 0 aliphatic heterocycles. The first-order valence-corrected chi connectivity index (χ1v) is 4.77. The van der Waals surface area contributed by atoms with Crippen LogP contribution in [0.5, 0.6) is 0 Å². The summed E-state index contributed by atoms with van der Waals surface area (Å²) >= 11 is 1.84. The molecule has 0 aliphatic carbocycles. The van der Waals surface area contributed by atoms with Crippen LogP contribution in [0.2, 0.25) is 0 Å². The largest absolute Gasteiger partial charge is 0.350 e. The third-order valence-corrected chi connectivity index (χ3v) is 2.96. The fourth-order valence-corrected chi connectivity index (χ4v) is 2.22. The van der Waals surface area contributed by atoms with Gasteiger partial charge in [0.1, 0.15) is 0 Å². The van der Waals surface area contributed by atoms with Gasteiger partial charge in [0.15, 0.2) is 0 Å². The van der Waals surface area contributed by atoms with Crippen molar-refractivity contribution in [2.45, 2.75) is 6.92 Å². The van der Waals surface area contributed by atoms with Gasteiger partial charge in [-0.2, -0.15) is 0 Å². The summed E-state index contributed by atoms with van der Waals surface area (Å²) in [5.74, 6) is 0. The van der Waals surface area contributed by atoms with Crippen molar-refractivity contribution in [2.24, 2.45) is 7.05 Å². The number of nitrogens with zero attached hydrogens (tertiary/aromatic N) is 1. The molecule has 0 aromatic carbocycles. The van der Waals surface area contributed by atoms with E-state index in [-0.39, 0.29) is 0 Å². The summed E-state index contributed by atoms with van der Waals surface area (Å²) in [4.78, 5) is 2.71. The summed E-state index contributed by atoms with van der Waals surface area (Å²) in [6.45, 7) is 2.14. The van der Waals surface area contributed by atoms with Crippen LogP contribution in [0.1, 0.15) is 4.88 Å². The highest BCUT2D eigenvalue weighted by molar-refractivity contribution is 7.15. The third kappa shape index (κ3) is 1.18. The molecule has 0 spiro atoms. The molecule has 0 unspecified atom stereocenters. The highest BCUT2D eigenvalue weighted by Gasteiger charge is 2.02. The first-order valence-electron chi connectivity index (χ1n) is 3.95. The Kier molecular flexibility index (Phi) is 1.77. The van der Waals surface area contributed by atoms with E-state index in [1.165, 1.54) is 15.4 Å². The van der Waals surface area contributed by atoms with Gasteiger partial charge in [0.25, 0.3) is 0 Å². The van der Waals surface area contributed by atoms with Crippen molar-refractivity contribution in [3.63, 3.8) is 0 Å². The van der Waals surface area contributed by atoms with Gasteiger partial charge >= 0.3 is 0 Å². The van der Waals surface area contributed by atoms with Crippen LogP contribution in [0.25, 0.3) is 10.6 Å². The van der Waals surface area contributed by atoms with Crippen LogP contribution >= 0.6 is 11.3 Å². The van der Waals surface area contributed by atoms with Gasteiger partial charge in [0.05, 0.1) is 10.6 Å². The standard InChI is InChI=1S/C10H11NS/c1-8-5-6-10(12-8)9-4-3-7-11(9)2/h3-7H,1-2H3. The Balaban J connectivity index is 2.50. The number of aromatic nitrogens is 1. The Labute approximate surface area is 76.3 Å². The van der Waals surface area contributed by atoms with Crippen LogP contribution in [-0.2, 0) is 7.05 Å². The molecule has 0 N–H and O–H groups in total. The maximum Gasteiger partial charge on any atom is 0.0579 e. The summed E-state index contributed by atoms with van der Waals surface area (Å²) in [7, 11) is 2.07. The summed E-state index contributed by atoms with van der Waals surface area (Å²) in [6.07, 6.45) is 2.07. The van der Waals surface area contributed by atoms with E-state index in [2.05, 4.69) is 49.0 Å². The minimum absolute atomic E-state index is 1.30. The Morgan fingerprint density at radius 2 is 2.08 bits per heavy atom. The van der Waals surface area contributed by atoms with Gasteiger partial charge in [-0.05, 0) is 31.2 Å². The summed E-state index contributed by atoms with van der Waals surface area (Å²) in [6, 6.07) is 8.55. The minimum Gasteiger partial charge on any atom is -0.350 e. The van der Waals surface area contributed by atoms with Crippen molar-refractivity contribution < 1.29 is 0 Å². The topological polar surface area (TPSA) is 4.93 Å². The average molecular weight is 177 g/mol. The lowest BCUT2D eigenvalue weighted by atomic mass is 10.3. The molecule has 0 atom stereocenters. The number of aryl methyl sites for hydroxylation is 2. The molecule has 1 nitrogen and oxygen atoms in total. The number of rotatable bonds is 1. The molecule has 0 aliphatic rings. The van der Waals surface area contributed by atoms with Crippen LogP contribution in [0, 0.1) is 6.92 Å². The first-order chi connectivity index (χ1) is 5.77. The normalized spacial score (nSPS) is 10.5. The van der Waals surface area contributed by atoms with Crippen LogP contribution < -0.4 is 0 Å². The number of hydrogen-bond donors (Lipinski definition) is 0. The number of thiophene rings is 1. The minimum atomic E-state index is 1.30. The molecular weight excluding hydrogens is 166 g/mol. The van der Waals surface area contributed by atoms with E-state index in [0.717, 1.165) is 0 Å². The zero-order chi connectivity index (χ0) is 8.55. The Morgan fingerprint density at radius 1 is 1.25 bits per heavy atom. The molecule has 2 heteroatoms. The van der Waals surface area contributed by atoms with Crippen molar-refractivity contribution in [1.29, 1.82) is 0 Å². The maximum atomic E-state index is 2.18. The fourth-order valence-electron chi connectivity index (χ4n) is 1.29. The van der Waals surface area contributed by atoms with Gasteiger partial charge in [-0.1, -0.05) is 0 Å². The van der Waals surface area contributed by atoms with Crippen molar-refractivity contribution in [3.05, 3.63) is 35.3 Å². The summed E-state index contributed by atoms with van der Waals surface area (Å²) in [5.41, 5.74) is 1.30. The van der Waals surface area contributed by atoms with Gasteiger partial charge in [-0.3, -0.25) is 0 Å². The molecule has 2 aromatic heterocycles. The second kappa shape index (κ2) is 2.79. The SMILES string of the molecule is Cc1ccc(-c2cccn2C)s1. The van der Waals surface area contributed by atoms with Gasteiger partial charge in [0.2, 0.25) is 0 Å². The van der Waals surface area contributed by atoms with E-state index >= 15 is 0 Å². The molecule has 0 amide bonds. The average Bonchev–Trinajstić information content (AvgIpc) is 2.58. The van der Waals surface area contributed by atoms with Crippen LogP contribution in [0.3, 0.4) is 0 Å². The lowest BCUT2D eigenvalue weighted by Gasteiger charge is -1.97. The predicted molar refractivity (Wildman–Crippen MR) is 53.5 cm³/mol. The van der Waals surface area contributed by atoms with E-state index < -0.39 is 0 Å². The quantitative estimate of drug-likeness (QED) is 0.631. The maximum absolute atomic E-state index is 2.18. The second-order valence-electron chi connectivity index (χ2n) is 2.91. The van der Waals surface area contributed by atoms with Crippen LogP contribution in [0.4, 0.5) is 0 Å². The molecule has 2 heterocycles. The molecule has 0 bridgehead atoms. The molecule has 62 valence electrons. The summed E-state index contributed by atoms with van der Waals surface area (Å²) < 4.78 is 2.14. The molecule has 0 saturated heterocycles. The monoisotopic (exact) mass is 177 g/mol.